The molecule has 0 bridgehead atoms. The van der Waals surface area contributed by atoms with Crippen LogP contribution in [0.4, 0.5) is 18.9 Å². The van der Waals surface area contributed by atoms with E-state index in [0.717, 1.165) is 12.1 Å². The highest BCUT2D eigenvalue weighted by molar-refractivity contribution is 5.97. The van der Waals surface area contributed by atoms with Crippen LogP contribution in [0.3, 0.4) is 0 Å². The van der Waals surface area contributed by atoms with Gasteiger partial charge in [0, 0.05) is 0 Å². The molecule has 16 heavy (non-hydrogen) atoms. The summed E-state index contributed by atoms with van der Waals surface area (Å²) in [6.45, 7) is 1.47. The fourth-order valence-electron chi connectivity index (χ4n) is 1.38. The van der Waals surface area contributed by atoms with Gasteiger partial charge in [-0.15, -0.1) is 0 Å². The van der Waals surface area contributed by atoms with E-state index in [1.54, 1.807) is 0 Å². The molecule has 0 spiro atoms. The zero-order valence-electron chi connectivity index (χ0n) is 8.26. The lowest BCUT2D eigenvalue weighted by molar-refractivity contribution is -0.137. The van der Waals surface area contributed by atoms with Crippen molar-refractivity contribution in [3.8, 4) is 5.75 Å². The summed E-state index contributed by atoms with van der Waals surface area (Å²) in [5, 5.41) is 2.46. The molecule has 1 heterocycles. The molecule has 1 amide bonds. The summed E-state index contributed by atoms with van der Waals surface area (Å²) in [7, 11) is 0. The summed E-state index contributed by atoms with van der Waals surface area (Å²) in [6, 6.07) is 2.96. The number of ether oxygens (including phenoxy) is 1. The van der Waals surface area contributed by atoms with E-state index in [1.165, 1.54) is 13.0 Å². The minimum Gasteiger partial charge on any atom is -0.479 e. The Hall–Kier alpha value is -1.72. The summed E-state index contributed by atoms with van der Waals surface area (Å²) < 4.78 is 42.2. The third-order valence-electron chi connectivity index (χ3n) is 2.24. The van der Waals surface area contributed by atoms with Crippen molar-refractivity contribution in [3.63, 3.8) is 0 Å². The molecule has 0 radical (unpaired) electrons. The molecular formula is C10H8F3NO2. The van der Waals surface area contributed by atoms with Crippen molar-refractivity contribution in [2.45, 2.75) is 19.2 Å². The van der Waals surface area contributed by atoms with Gasteiger partial charge >= 0.3 is 6.18 Å². The summed E-state index contributed by atoms with van der Waals surface area (Å²) in [4.78, 5) is 11.2. The van der Waals surface area contributed by atoms with Crippen LogP contribution in [0.25, 0.3) is 0 Å². The van der Waals surface area contributed by atoms with Gasteiger partial charge in [0.15, 0.2) is 6.10 Å². The highest BCUT2D eigenvalue weighted by atomic mass is 19.4. The maximum atomic E-state index is 12.4. The van der Waals surface area contributed by atoms with E-state index in [1.807, 2.05) is 0 Å². The van der Waals surface area contributed by atoms with Gasteiger partial charge in [-0.3, -0.25) is 4.79 Å². The van der Waals surface area contributed by atoms with E-state index in [0.29, 0.717) is 0 Å². The minimum atomic E-state index is -4.41. The molecule has 1 N–H and O–H groups in total. The lowest BCUT2D eigenvalue weighted by Crippen LogP contribution is -2.34. The Morgan fingerprint density at radius 2 is 2.06 bits per heavy atom. The number of benzene rings is 1. The molecule has 2 rings (SSSR count). The number of hydrogen-bond acceptors (Lipinski definition) is 2. The number of carbonyl (C=O) groups excluding carboxylic acids is 1. The standard InChI is InChI=1S/C10H8F3NO2/c1-5-9(15)14-7-3-2-6(10(11,12)13)4-8(7)16-5/h2-5H,1H3,(H,14,15). The van der Waals surface area contributed by atoms with Crippen molar-refractivity contribution in [1.82, 2.24) is 0 Å². The maximum absolute atomic E-state index is 12.4. The van der Waals surface area contributed by atoms with Crippen LogP contribution in [-0.4, -0.2) is 12.0 Å². The van der Waals surface area contributed by atoms with Crippen LogP contribution in [0.5, 0.6) is 5.75 Å². The minimum absolute atomic E-state index is 0.0434. The van der Waals surface area contributed by atoms with Crippen molar-refractivity contribution < 1.29 is 22.7 Å². The first-order valence-electron chi connectivity index (χ1n) is 4.56. The maximum Gasteiger partial charge on any atom is 0.416 e. The molecule has 1 atom stereocenters. The quantitative estimate of drug-likeness (QED) is 0.744. The largest absolute Gasteiger partial charge is 0.479 e. The third kappa shape index (κ3) is 1.82. The van der Waals surface area contributed by atoms with E-state index < -0.39 is 17.8 Å². The molecular weight excluding hydrogens is 223 g/mol. The molecule has 0 aliphatic carbocycles. The number of halogens is 3. The first-order chi connectivity index (χ1) is 7.38. The number of amides is 1. The predicted octanol–water partition coefficient (Wildman–Crippen LogP) is 2.42. The van der Waals surface area contributed by atoms with Crippen molar-refractivity contribution in [1.29, 1.82) is 0 Å². The molecule has 1 aliphatic heterocycles. The molecule has 3 nitrogen and oxygen atoms in total. The van der Waals surface area contributed by atoms with Gasteiger partial charge < -0.3 is 10.1 Å². The van der Waals surface area contributed by atoms with E-state index in [4.69, 9.17) is 4.74 Å². The van der Waals surface area contributed by atoms with E-state index in [2.05, 4.69) is 5.32 Å². The van der Waals surface area contributed by atoms with Gasteiger partial charge in [0.05, 0.1) is 11.3 Å². The molecule has 1 unspecified atom stereocenters. The number of alkyl halides is 3. The molecule has 0 fully saturated rings. The van der Waals surface area contributed by atoms with Crippen molar-refractivity contribution in [2.24, 2.45) is 0 Å². The second-order valence-electron chi connectivity index (χ2n) is 3.46. The summed E-state index contributed by atoms with van der Waals surface area (Å²) in [6.07, 6.45) is -5.20. The molecule has 1 aliphatic rings. The lowest BCUT2D eigenvalue weighted by Gasteiger charge is -2.24. The average molecular weight is 231 g/mol. The first-order valence-corrected chi connectivity index (χ1v) is 4.56. The van der Waals surface area contributed by atoms with Gasteiger partial charge in [-0.05, 0) is 25.1 Å². The number of fused-ring (bicyclic) bond motifs is 1. The number of hydrogen-bond donors (Lipinski definition) is 1. The number of carbonyl (C=O) groups is 1. The topological polar surface area (TPSA) is 38.3 Å². The first kappa shape index (κ1) is 10.8. The van der Waals surface area contributed by atoms with Gasteiger partial charge in [0.2, 0.25) is 0 Å². The number of rotatable bonds is 0. The Kier molecular flexibility index (Phi) is 2.29. The van der Waals surface area contributed by atoms with Crippen LogP contribution < -0.4 is 10.1 Å². The Balaban J connectivity index is 2.40. The highest BCUT2D eigenvalue weighted by Gasteiger charge is 2.33. The average Bonchev–Trinajstić information content (AvgIpc) is 2.17. The Labute approximate surface area is 89.2 Å². The summed E-state index contributed by atoms with van der Waals surface area (Å²) >= 11 is 0. The Morgan fingerprint density at radius 1 is 1.38 bits per heavy atom. The highest BCUT2D eigenvalue weighted by Crippen LogP contribution is 2.36. The second-order valence-corrected chi connectivity index (χ2v) is 3.46. The van der Waals surface area contributed by atoms with Crippen LogP contribution in [-0.2, 0) is 11.0 Å². The van der Waals surface area contributed by atoms with Crippen LogP contribution in [0, 0.1) is 0 Å². The number of nitrogens with one attached hydrogen (secondary N) is 1. The monoisotopic (exact) mass is 231 g/mol. The third-order valence-corrected chi connectivity index (χ3v) is 2.24. The second kappa shape index (κ2) is 3.40. The van der Waals surface area contributed by atoms with Gasteiger partial charge in [-0.2, -0.15) is 13.2 Å². The Bertz CT molecular complexity index is 442. The smallest absolute Gasteiger partial charge is 0.416 e. The van der Waals surface area contributed by atoms with Crippen LogP contribution in [0.15, 0.2) is 18.2 Å². The van der Waals surface area contributed by atoms with Crippen LogP contribution >= 0.6 is 0 Å². The zero-order chi connectivity index (χ0) is 11.9. The molecule has 86 valence electrons. The molecule has 0 saturated carbocycles. The van der Waals surface area contributed by atoms with E-state index in [-0.39, 0.29) is 17.3 Å². The van der Waals surface area contributed by atoms with Crippen LogP contribution in [0.2, 0.25) is 0 Å². The van der Waals surface area contributed by atoms with E-state index >= 15 is 0 Å². The van der Waals surface area contributed by atoms with Crippen LogP contribution in [0.1, 0.15) is 12.5 Å². The van der Waals surface area contributed by atoms with Crippen molar-refractivity contribution in [3.05, 3.63) is 23.8 Å². The van der Waals surface area contributed by atoms with Gasteiger partial charge in [0.1, 0.15) is 5.75 Å². The fraction of sp³-hybridized carbons (Fsp3) is 0.300. The summed E-state index contributed by atoms with van der Waals surface area (Å²) in [5.74, 6) is -0.325. The normalized spacial score (nSPS) is 19.8. The SMILES string of the molecule is CC1Oc2cc(C(F)(F)F)ccc2NC1=O. The predicted molar refractivity (Wildman–Crippen MR) is 50.2 cm³/mol. The fourth-order valence-corrected chi connectivity index (χ4v) is 1.38. The zero-order valence-corrected chi connectivity index (χ0v) is 8.26. The number of anilines is 1. The molecule has 1 aromatic carbocycles. The van der Waals surface area contributed by atoms with Gasteiger partial charge in [-0.25, -0.2) is 0 Å². The molecule has 0 aromatic heterocycles. The van der Waals surface area contributed by atoms with E-state index in [9.17, 15) is 18.0 Å². The molecule has 0 saturated heterocycles. The van der Waals surface area contributed by atoms with Gasteiger partial charge in [-0.1, -0.05) is 0 Å². The summed E-state index contributed by atoms with van der Waals surface area (Å²) in [5.41, 5.74) is -0.536. The Morgan fingerprint density at radius 3 is 2.69 bits per heavy atom. The van der Waals surface area contributed by atoms with Crippen molar-refractivity contribution in [2.75, 3.05) is 5.32 Å². The molecule has 1 aromatic rings. The van der Waals surface area contributed by atoms with Gasteiger partial charge in [0.25, 0.3) is 5.91 Å². The lowest BCUT2D eigenvalue weighted by atomic mass is 10.1. The molecule has 6 heteroatoms. The van der Waals surface area contributed by atoms with Crippen molar-refractivity contribution >= 4 is 11.6 Å².